The van der Waals surface area contributed by atoms with Gasteiger partial charge in [0.05, 0.1) is 19.3 Å². The van der Waals surface area contributed by atoms with E-state index in [0.717, 1.165) is 32.1 Å². The summed E-state index contributed by atoms with van der Waals surface area (Å²) in [4.78, 5) is 6.42. The first-order valence-corrected chi connectivity index (χ1v) is 7.39. The summed E-state index contributed by atoms with van der Waals surface area (Å²) in [5, 5.41) is 3.31. The molecule has 1 rings (SSSR count). The summed E-state index contributed by atoms with van der Waals surface area (Å²) in [6, 6.07) is 0. The lowest BCUT2D eigenvalue weighted by atomic mass is 10.2. The summed E-state index contributed by atoms with van der Waals surface area (Å²) in [5.41, 5.74) is 0. The van der Waals surface area contributed by atoms with E-state index in [9.17, 15) is 0 Å². The van der Waals surface area contributed by atoms with Gasteiger partial charge in [-0.05, 0) is 19.3 Å². The van der Waals surface area contributed by atoms with Crippen molar-refractivity contribution < 1.29 is 9.47 Å². The van der Waals surface area contributed by atoms with Crippen LogP contribution in [0.2, 0.25) is 0 Å². The number of halogens is 1. The predicted molar refractivity (Wildman–Crippen MR) is 94.1 cm³/mol. The molecular formula is C14H30IN3O2. The van der Waals surface area contributed by atoms with E-state index in [1.165, 1.54) is 19.3 Å². The van der Waals surface area contributed by atoms with Crippen molar-refractivity contribution in [2.45, 2.75) is 38.7 Å². The van der Waals surface area contributed by atoms with Crippen molar-refractivity contribution in [3.8, 4) is 0 Å². The number of nitrogens with zero attached hydrogens (tertiary/aromatic N) is 2. The molecule has 5 nitrogen and oxygen atoms in total. The van der Waals surface area contributed by atoms with Gasteiger partial charge in [0.15, 0.2) is 5.96 Å². The van der Waals surface area contributed by atoms with E-state index < -0.39 is 0 Å². The molecule has 0 amide bonds. The molecule has 0 saturated carbocycles. The summed E-state index contributed by atoms with van der Waals surface area (Å²) in [6.07, 6.45) is 5.00. The molecule has 1 fully saturated rings. The molecule has 120 valence electrons. The maximum Gasteiger partial charge on any atom is 0.193 e. The Morgan fingerprint density at radius 3 is 2.90 bits per heavy atom. The van der Waals surface area contributed by atoms with Crippen LogP contribution in [0.5, 0.6) is 0 Å². The number of ether oxygens (including phenoxy) is 2. The van der Waals surface area contributed by atoms with Crippen molar-refractivity contribution in [2.75, 3.05) is 47.0 Å². The summed E-state index contributed by atoms with van der Waals surface area (Å²) in [5.74, 6) is 0.939. The monoisotopic (exact) mass is 399 g/mol. The van der Waals surface area contributed by atoms with Crippen molar-refractivity contribution in [3.05, 3.63) is 0 Å². The fourth-order valence-corrected chi connectivity index (χ4v) is 2.11. The van der Waals surface area contributed by atoms with Gasteiger partial charge in [-0.3, -0.25) is 4.99 Å². The lowest BCUT2D eigenvalue weighted by molar-refractivity contribution is 0.0190. The minimum absolute atomic E-state index is 0. The second kappa shape index (κ2) is 12.6. The average molecular weight is 399 g/mol. The zero-order valence-electron chi connectivity index (χ0n) is 13.1. The third-order valence-corrected chi connectivity index (χ3v) is 3.28. The molecule has 0 radical (unpaired) electrons. The molecule has 1 N–H and O–H groups in total. The third kappa shape index (κ3) is 8.26. The molecule has 0 aromatic carbocycles. The van der Waals surface area contributed by atoms with Crippen LogP contribution in [-0.4, -0.2) is 64.0 Å². The zero-order valence-corrected chi connectivity index (χ0v) is 15.4. The number of aliphatic imine (C=N–C) groups is 1. The second-order valence-electron chi connectivity index (χ2n) is 4.96. The van der Waals surface area contributed by atoms with Crippen molar-refractivity contribution in [1.29, 1.82) is 0 Å². The standard InChI is InChI=1S/C14H29N3O2.HI/c1-4-5-9-17(3)14(15-2)16-8-11-18-12-13-7-6-10-19-13;/h13H,4-12H2,1-3H3,(H,15,16);1H. The quantitative estimate of drug-likeness (QED) is 0.294. The number of guanidine groups is 1. The summed E-state index contributed by atoms with van der Waals surface area (Å²) in [6.45, 7) is 6.32. The highest BCUT2D eigenvalue weighted by atomic mass is 127. The first-order valence-electron chi connectivity index (χ1n) is 7.39. The van der Waals surface area contributed by atoms with Crippen LogP contribution in [0.25, 0.3) is 0 Å². The van der Waals surface area contributed by atoms with Gasteiger partial charge in [-0.2, -0.15) is 0 Å². The molecule has 1 saturated heterocycles. The Balaban J connectivity index is 0.00000361. The van der Waals surface area contributed by atoms with E-state index >= 15 is 0 Å². The number of hydrogen-bond donors (Lipinski definition) is 1. The molecular weight excluding hydrogens is 369 g/mol. The Labute approximate surface area is 140 Å². The number of nitrogens with one attached hydrogen (secondary N) is 1. The maximum absolute atomic E-state index is 5.61. The van der Waals surface area contributed by atoms with Gasteiger partial charge < -0.3 is 19.7 Å². The van der Waals surface area contributed by atoms with Gasteiger partial charge in [-0.15, -0.1) is 24.0 Å². The average Bonchev–Trinajstić information content (AvgIpc) is 2.93. The zero-order chi connectivity index (χ0) is 13.9. The summed E-state index contributed by atoms with van der Waals surface area (Å²) >= 11 is 0. The Hall–Kier alpha value is -0.0800. The van der Waals surface area contributed by atoms with E-state index in [2.05, 4.69) is 29.2 Å². The highest BCUT2D eigenvalue weighted by Gasteiger charge is 2.15. The molecule has 1 atom stereocenters. The van der Waals surface area contributed by atoms with Gasteiger partial charge >= 0.3 is 0 Å². The Morgan fingerprint density at radius 1 is 1.50 bits per heavy atom. The van der Waals surface area contributed by atoms with Crippen molar-refractivity contribution in [1.82, 2.24) is 10.2 Å². The van der Waals surface area contributed by atoms with E-state index in [0.29, 0.717) is 19.3 Å². The Kier molecular flexibility index (Phi) is 12.6. The van der Waals surface area contributed by atoms with Crippen LogP contribution in [0.3, 0.4) is 0 Å². The molecule has 0 bridgehead atoms. The predicted octanol–water partition coefficient (Wildman–Crippen LogP) is 2.11. The van der Waals surface area contributed by atoms with Crippen molar-refractivity contribution >= 4 is 29.9 Å². The molecule has 1 unspecified atom stereocenters. The lowest BCUT2D eigenvalue weighted by Crippen LogP contribution is -2.40. The summed E-state index contributed by atoms with van der Waals surface area (Å²) in [7, 11) is 3.89. The molecule has 1 heterocycles. The maximum atomic E-state index is 5.61. The largest absolute Gasteiger partial charge is 0.377 e. The van der Waals surface area contributed by atoms with E-state index in [-0.39, 0.29) is 24.0 Å². The Bertz CT molecular complexity index is 259. The number of rotatable bonds is 8. The smallest absolute Gasteiger partial charge is 0.193 e. The van der Waals surface area contributed by atoms with Gasteiger partial charge in [-0.25, -0.2) is 0 Å². The molecule has 0 aromatic rings. The molecule has 0 aliphatic carbocycles. The molecule has 0 spiro atoms. The molecule has 1 aliphatic heterocycles. The SMILES string of the molecule is CCCCN(C)C(=NC)NCCOCC1CCCO1.I. The van der Waals surface area contributed by atoms with Crippen LogP contribution < -0.4 is 5.32 Å². The van der Waals surface area contributed by atoms with Gasteiger partial charge in [0.2, 0.25) is 0 Å². The van der Waals surface area contributed by atoms with Crippen LogP contribution in [-0.2, 0) is 9.47 Å². The fraction of sp³-hybridized carbons (Fsp3) is 0.929. The lowest BCUT2D eigenvalue weighted by Gasteiger charge is -2.21. The summed E-state index contributed by atoms with van der Waals surface area (Å²) < 4.78 is 11.1. The second-order valence-corrected chi connectivity index (χ2v) is 4.96. The highest BCUT2D eigenvalue weighted by molar-refractivity contribution is 14.0. The topological polar surface area (TPSA) is 46.1 Å². The van der Waals surface area contributed by atoms with Crippen molar-refractivity contribution in [3.63, 3.8) is 0 Å². The van der Waals surface area contributed by atoms with E-state index in [1.807, 2.05) is 7.05 Å². The van der Waals surface area contributed by atoms with Crippen LogP contribution in [0, 0.1) is 0 Å². The number of hydrogen-bond acceptors (Lipinski definition) is 3. The number of unbranched alkanes of at least 4 members (excludes halogenated alkanes) is 1. The van der Waals surface area contributed by atoms with Crippen LogP contribution >= 0.6 is 24.0 Å². The van der Waals surface area contributed by atoms with E-state index in [1.54, 1.807) is 0 Å². The van der Waals surface area contributed by atoms with Gasteiger partial charge in [0, 0.05) is 33.8 Å². The van der Waals surface area contributed by atoms with Crippen LogP contribution in [0.4, 0.5) is 0 Å². The normalized spacial score (nSPS) is 18.8. The van der Waals surface area contributed by atoms with Crippen LogP contribution in [0.15, 0.2) is 4.99 Å². The molecule has 20 heavy (non-hydrogen) atoms. The first kappa shape index (κ1) is 19.9. The first-order chi connectivity index (χ1) is 9.27. The van der Waals surface area contributed by atoms with Crippen LogP contribution in [0.1, 0.15) is 32.6 Å². The molecule has 6 heteroatoms. The van der Waals surface area contributed by atoms with Crippen molar-refractivity contribution in [2.24, 2.45) is 4.99 Å². The minimum Gasteiger partial charge on any atom is -0.377 e. The van der Waals surface area contributed by atoms with Gasteiger partial charge in [-0.1, -0.05) is 13.3 Å². The minimum atomic E-state index is 0. The van der Waals surface area contributed by atoms with Gasteiger partial charge in [0.1, 0.15) is 0 Å². The third-order valence-electron chi connectivity index (χ3n) is 3.28. The van der Waals surface area contributed by atoms with E-state index in [4.69, 9.17) is 9.47 Å². The molecule has 0 aromatic heterocycles. The highest BCUT2D eigenvalue weighted by Crippen LogP contribution is 2.11. The van der Waals surface area contributed by atoms with Gasteiger partial charge in [0.25, 0.3) is 0 Å². The molecule has 1 aliphatic rings. The Morgan fingerprint density at radius 2 is 2.30 bits per heavy atom. The fourth-order valence-electron chi connectivity index (χ4n) is 2.11.